The zero-order valence-corrected chi connectivity index (χ0v) is 10.7. The van der Waals surface area contributed by atoms with E-state index in [1.165, 1.54) is 4.90 Å². The zero-order chi connectivity index (χ0) is 12.5. The number of amides is 2. The van der Waals surface area contributed by atoms with Crippen LogP contribution in [-0.4, -0.2) is 28.5 Å². The molecule has 4 nitrogen and oxygen atoms in total. The molecule has 16 heavy (non-hydrogen) atoms. The molecule has 0 aromatic rings. The smallest absolute Gasteiger partial charge is 0.417 e. The predicted molar refractivity (Wildman–Crippen MR) is 60.9 cm³/mol. The molecule has 0 spiro atoms. The fourth-order valence-corrected chi connectivity index (χ4v) is 1.78. The Labute approximate surface area is 96.9 Å². The van der Waals surface area contributed by atoms with Crippen LogP contribution in [0.15, 0.2) is 0 Å². The first-order valence-corrected chi connectivity index (χ1v) is 5.78. The molecule has 1 aliphatic heterocycles. The van der Waals surface area contributed by atoms with Gasteiger partial charge in [-0.05, 0) is 40.5 Å². The number of ether oxygens (including phenoxy) is 1. The van der Waals surface area contributed by atoms with Gasteiger partial charge in [0.25, 0.3) is 0 Å². The topological polar surface area (TPSA) is 46.6 Å². The summed E-state index contributed by atoms with van der Waals surface area (Å²) in [7, 11) is 0. The van der Waals surface area contributed by atoms with Gasteiger partial charge < -0.3 is 4.74 Å². The maximum absolute atomic E-state index is 11.9. The lowest BCUT2D eigenvalue weighted by molar-refractivity contribution is -0.139. The molecule has 0 bridgehead atoms. The standard InChI is InChI=1S/C12H21NO3/c1-8-6-7-9(2)13(10(8)14)11(15)16-12(3,4)5/h8-9H,6-7H2,1-5H3/t8-,9-/m0/s1. The van der Waals surface area contributed by atoms with E-state index < -0.39 is 11.7 Å². The van der Waals surface area contributed by atoms with Gasteiger partial charge in [0.2, 0.25) is 5.91 Å². The van der Waals surface area contributed by atoms with Gasteiger partial charge in [0, 0.05) is 12.0 Å². The maximum atomic E-state index is 11.9. The average Bonchev–Trinajstić information content (AvgIpc) is 2.09. The first-order chi connectivity index (χ1) is 7.22. The number of hydrogen-bond acceptors (Lipinski definition) is 3. The number of carbonyl (C=O) groups is 2. The van der Waals surface area contributed by atoms with Crippen LogP contribution in [0.4, 0.5) is 4.79 Å². The number of likely N-dealkylation sites (tertiary alicyclic amines) is 1. The summed E-state index contributed by atoms with van der Waals surface area (Å²) in [5.41, 5.74) is -0.558. The summed E-state index contributed by atoms with van der Waals surface area (Å²) in [6, 6.07) is -0.0569. The van der Waals surface area contributed by atoms with Crippen LogP contribution < -0.4 is 0 Å². The second-order valence-electron chi connectivity index (χ2n) is 5.52. The molecule has 4 heteroatoms. The fourth-order valence-electron chi connectivity index (χ4n) is 1.78. The van der Waals surface area contributed by atoms with Crippen LogP contribution in [0.2, 0.25) is 0 Å². The van der Waals surface area contributed by atoms with Crippen LogP contribution in [0.25, 0.3) is 0 Å². The largest absolute Gasteiger partial charge is 0.443 e. The summed E-state index contributed by atoms with van der Waals surface area (Å²) >= 11 is 0. The summed E-state index contributed by atoms with van der Waals surface area (Å²) < 4.78 is 5.23. The molecule has 0 N–H and O–H groups in total. The Hall–Kier alpha value is -1.06. The summed E-state index contributed by atoms with van der Waals surface area (Å²) in [4.78, 5) is 25.0. The molecular weight excluding hydrogens is 206 g/mol. The second kappa shape index (κ2) is 4.44. The molecule has 1 saturated heterocycles. The van der Waals surface area contributed by atoms with Crippen LogP contribution in [0, 0.1) is 5.92 Å². The highest BCUT2D eigenvalue weighted by Gasteiger charge is 2.37. The number of rotatable bonds is 0. The van der Waals surface area contributed by atoms with Gasteiger partial charge >= 0.3 is 6.09 Å². The molecule has 92 valence electrons. The van der Waals surface area contributed by atoms with E-state index >= 15 is 0 Å². The minimum atomic E-state index is -0.558. The van der Waals surface area contributed by atoms with Crippen molar-refractivity contribution in [1.82, 2.24) is 4.90 Å². The number of hydrogen-bond donors (Lipinski definition) is 0. The molecule has 0 unspecified atom stereocenters. The van der Waals surface area contributed by atoms with Gasteiger partial charge in [-0.15, -0.1) is 0 Å². The van der Waals surface area contributed by atoms with Crippen molar-refractivity contribution in [2.75, 3.05) is 0 Å². The second-order valence-corrected chi connectivity index (χ2v) is 5.52. The predicted octanol–water partition coefficient (Wildman–Crippen LogP) is 2.57. The van der Waals surface area contributed by atoms with E-state index in [4.69, 9.17) is 4.74 Å². The van der Waals surface area contributed by atoms with Crippen molar-refractivity contribution in [3.63, 3.8) is 0 Å². The van der Waals surface area contributed by atoms with Gasteiger partial charge in [0.05, 0.1) is 0 Å². The van der Waals surface area contributed by atoms with Gasteiger partial charge in [-0.1, -0.05) is 6.92 Å². The summed E-state index contributed by atoms with van der Waals surface area (Å²) in [6.45, 7) is 9.13. The van der Waals surface area contributed by atoms with Crippen LogP contribution in [0.1, 0.15) is 47.5 Å². The first-order valence-electron chi connectivity index (χ1n) is 5.78. The molecule has 1 rings (SSSR count). The minimum Gasteiger partial charge on any atom is -0.443 e. The molecule has 1 aliphatic rings. The third-order valence-corrected chi connectivity index (χ3v) is 2.71. The Bertz CT molecular complexity index is 293. The normalized spacial score (nSPS) is 26.8. The van der Waals surface area contributed by atoms with E-state index in [-0.39, 0.29) is 17.9 Å². The van der Waals surface area contributed by atoms with Crippen LogP contribution in [0.5, 0.6) is 0 Å². The van der Waals surface area contributed by atoms with Crippen molar-refractivity contribution in [2.45, 2.75) is 59.1 Å². The molecule has 1 heterocycles. The molecular formula is C12H21NO3. The van der Waals surface area contributed by atoms with Crippen molar-refractivity contribution in [3.05, 3.63) is 0 Å². The Kier molecular flexibility index (Phi) is 3.61. The average molecular weight is 227 g/mol. The fraction of sp³-hybridized carbons (Fsp3) is 0.833. The van der Waals surface area contributed by atoms with E-state index in [1.54, 1.807) is 20.8 Å². The Morgan fingerprint density at radius 2 is 1.88 bits per heavy atom. The highest BCUT2D eigenvalue weighted by molar-refractivity contribution is 5.94. The van der Waals surface area contributed by atoms with E-state index in [1.807, 2.05) is 13.8 Å². The summed E-state index contributed by atoms with van der Waals surface area (Å²) in [5, 5.41) is 0. The van der Waals surface area contributed by atoms with E-state index in [0.29, 0.717) is 0 Å². The minimum absolute atomic E-state index is 0.0569. The Balaban J connectivity index is 2.76. The zero-order valence-electron chi connectivity index (χ0n) is 10.7. The van der Waals surface area contributed by atoms with Gasteiger partial charge in [-0.2, -0.15) is 0 Å². The molecule has 0 aliphatic carbocycles. The monoisotopic (exact) mass is 227 g/mol. The number of imide groups is 1. The van der Waals surface area contributed by atoms with Crippen LogP contribution in [0.3, 0.4) is 0 Å². The lowest BCUT2D eigenvalue weighted by atomic mass is 9.94. The van der Waals surface area contributed by atoms with Crippen molar-refractivity contribution in [3.8, 4) is 0 Å². The van der Waals surface area contributed by atoms with E-state index in [2.05, 4.69) is 0 Å². The molecule has 0 saturated carbocycles. The SMILES string of the molecule is C[C@H]1CC[C@H](C)N(C(=O)OC(C)(C)C)C1=O. The van der Waals surface area contributed by atoms with Gasteiger partial charge in [0.15, 0.2) is 0 Å². The van der Waals surface area contributed by atoms with Crippen LogP contribution >= 0.6 is 0 Å². The van der Waals surface area contributed by atoms with E-state index in [0.717, 1.165) is 12.8 Å². The van der Waals surface area contributed by atoms with Crippen molar-refractivity contribution < 1.29 is 14.3 Å². The third kappa shape index (κ3) is 2.97. The first kappa shape index (κ1) is 13.0. The molecule has 0 aromatic carbocycles. The van der Waals surface area contributed by atoms with Gasteiger partial charge in [0.1, 0.15) is 5.60 Å². The van der Waals surface area contributed by atoms with Crippen molar-refractivity contribution in [2.24, 2.45) is 5.92 Å². The quantitative estimate of drug-likeness (QED) is 0.639. The summed E-state index contributed by atoms with van der Waals surface area (Å²) in [5.74, 6) is -0.197. The molecule has 0 aromatic heterocycles. The highest BCUT2D eigenvalue weighted by Crippen LogP contribution is 2.24. The van der Waals surface area contributed by atoms with Crippen molar-refractivity contribution in [1.29, 1.82) is 0 Å². The number of piperidine rings is 1. The lowest BCUT2D eigenvalue weighted by Gasteiger charge is -2.35. The van der Waals surface area contributed by atoms with Gasteiger partial charge in [-0.3, -0.25) is 4.79 Å². The third-order valence-electron chi connectivity index (χ3n) is 2.71. The Morgan fingerprint density at radius 1 is 1.31 bits per heavy atom. The highest BCUT2D eigenvalue weighted by atomic mass is 16.6. The number of carbonyl (C=O) groups excluding carboxylic acids is 2. The molecule has 2 atom stereocenters. The van der Waals surface area contributed by atoms with Crippen LogP contribution in [-0.2, 0) is 9.53 Å². The molecule has 1 fully saturated rings. The maximum Gasteiger partial charge on any atom is 0.417 e. The van der Waals surface area contributed by atoms with Gasteiger partial charge in [-0.25, -0.2) is 9.69 Å². The Morgan fingerprint density at radius 3 is 2.38 bits per heavy atom. The van der Waals surface area contributed by atoms with Crippen molar-refractivity contribution >= 4 is 12.0 Å². The lowest BCUT2D eigenvalue weighted by Crippen LogP contribution is -2.50. The summed E-state index contributed by atoms with van der Waals surface area (Å²) in [6.07, 6.45) is 1.18. The molecule has 2 amide bonds. The van der Waals surface area contributed by atoms with E-state index in [9.17, 15) is 9.59 Å². The molecule has 0 radical (unpaired) electrons. The number of nitrogens with zero attached hydrogens (tertiary/aromatic N) is 1.